The first-order valence-electron chi connectivity index (χ1n) is 14.9. The van der Waals surface area contributed by atoms with E-state index in [1.54, 1.807) is 0 Å². The second-order valence-corrected chi connectivity index (χ2v) is 8.54. The summed E-state index contributed by atoms with van der Waals surface area (Å²) in [4.78, 5) is 21.4. The van der Waals surface area contributed by atoms with Crippen LogP contribution in [0.15, 0.2) is 0 Å². The number of aliphatic carboxylic acids is 1. The molecule has 43 heavy (non-hydrogen) atoms. The third-order valence-corrected chi connectivity index (χ3v) is 4.89. The van der Waals surface area contributed by atoms with Crippen LogP contribution in [0.4, 0.5) is 0 Å². The maximum absolute atomic E-state index is 11.2. The van der Waals surface area contributed by atoms with E-state index in [-0.39, 0.29) is 25.8 Å². The van der Waals surface area contributed by atoms with Crippen LogP contribution in [0, 0.1) is 0 Å². The smallest absolute Gasteiger partial charge is 0.329 e. The molecule has 0 aliphatic rings. The monoisotopic (exact) mass is 630 g/mol. The van der Waals surface area contributed by atoms with Crippen molar-refractivity contribution < 1.29 is 71.5 Å². The van der Waals surface area contributed by atoms with Crippen LogP contribution in [0.25, 0.3) is 0 Å². The van der Waals surface area contributed by atoms with Gasteiger partial charge >= 0.3 is 11.9 Å². The molecule has 0 aromatic rings. The van der Waals surface area contributed by atoms with Crippen LogP contribution >= 0.6 is 0 Å². The van der Waals surface area contributed by atoms with Crippen LogP contribution in [0.1, 0.15) is 19.8 Å². The number of hydrogen-bond acceptors (Lipinski definition) is 14. The second kappa shape index (κ2) is 36.7. The Morgan fingerprint density at radius 3 is 0.860 bits per heavy atom. The van der Waals surface area contributed by atoms with E-state index in [0.29, 0.717) is 139 Å². The number of carboxylic acids is 1. The first kappa shape index (κ1) is 41.5. The van der Waals surface area contributed by atoms with Gasteiger partial charge in [-0.15, -0.1) is 0 Å². The number of ether oxygens (including phenoxy) is 12. The Morgan fingerprint density at radius 2 is 0.628 bits per heavy atom. The Balaban J connectivity index is 3.06. The van der Waals surface area contributed by atoms with Crippen molar-refractivity contribution in [2.45, 2.75) is 19.8 Å². The van der Waals surface area contributed by atoms with Gasteiger partial charge in [0.25, 0.3) is 0 Å². The molecule has 0 fully saturated rings. The van der Waals surface area contributed by atoms with E-state index >= 15 is 0 Å². The zero-order valence-electron chi connectivity index (χ0n) is 25.8. The summed E-state index contributed by atoms with van der Waals surface area (Å²) >= 11 is 0. The summed E-state index contributed by atoms with van der Waals surface area (Å²) in [6, 6.07) is 0. The molecule has 0 saturated carbocycles. The lowest BCUT2D eigenvalue weighted by atomic mass is 10.3. The first-order chi connectivity index (χ1) is 21.2. The van der Waals surface area contributed by atoms with Gasteiger partial charge in [0.1, 0.15) is 13.2 Å². The average molecular weight is 631 g/mol. The van der Waals surface area contributed by atoms with Gasteiger partial charge < -0.3 is 61.9 Å². The summed E-state index contributed by atoms with van der Waals surface area (Å²) in [6.45, 7) is 11.2. The Labute approximate surface area is 255 Å². The maximum atomic E-state index is 11.2. The molecule has 1 N–H and O–H groups in total. The van der Waals surface area contributed by atoms with Crippen LogP contribution in [0.2, 0.25) is 0 Å². The Morgan fingerprint density at radius 1 is 0.395 bits per heavy atom. The van der Waals surface area contributed by atoms with E-state index in [9.17, 15) is 9.59 Å². The number of esters is 1. The molecule has 0 radical (unpaired) electrons. The van der Waals surface area contributed by atoms with Crippen LogP contribution in [0.3, 0.4) is 0 Å². The van der Waals surface area contributed by atoms with Crippen LogP contribution in [-0.2, 0) is 66.4 Å². The minimum atomic E-state index is -0.999. The predicted octanol–water partition coefficient (Wildman–Crippen LogP) is 0.597. The van der Waals surface area contributed by atoms with Crippen molar-refractivity contribution in [3.63, 3.8) is 0 Å². The van der Waals surface area contributed by atoms with E-state index in [4.69, 9.17) is 61.9 Å². The molecule has 0 spiro atoms. The molecule has 15 nitrogen and oxygen atoms in total. The molecule has 0 atom stereocenters. The molecule has 0 aromatic carbocycles. The van der Waals surface area contributed by atoms with Gasteiger partial charge in [-0.25, -0.2) is 4.79 Å². The third-order valence-electron chi connectivity index (χ3n) is 4.89. The summed E-state index contributed by atoms with van der Waals surface area (Å²) in [7, 11) is 0. The highest BCUT2D eigenvalue weighted by atomic mass is 16.6. The average Bonchev–Trinajstić information content (AvgIpc) is 2.99. The second-order valence-electron chi connectivity index (χ2n) is 8.54. The molecule has 0 unspecified atom stereocenters. The Kier molecular flexibility index (Phi) is 35.4. The Bertz CT molecular complexity index is 582. The minimum absolute atomic E-state index is 0.194. The lowest BCUT2D eigenvalue weighted by molar-refractivity contribution is -0.145. The van der Waals surface area contributed by atoms with Crippen molar-refractivity contribution >= 4 is 11.9 Å². The van der Waals surface area contributed by atoms with Crippen molar-refractivity contribution in [3.8, 4) is 0 Å². The van der Waals surface area contributed by atoms with Gasteiger partial charge in [0, 0.05) is 6.42 Å². The van der Waals surface area contributed by atoms with Crippen molar-refractivity contribution in [1.82, 2.24) is 0 Å². The zero-order valence-corrected chi connectivity index (χ0v) is 25.8. The van der Waals surface area contributed by atoms with Gasteiger partial charge in [0.15, 0.2) is 0 Å². The molecule has 0 saturated heterocycles. The van der Waals surface area contributed by atoms with Gasteiger partial charge in [0.05, 0.1) is 139 Å². The van der Waals surface area contributed by atoms with Crippen LogP contribution in [0.5, 0.6) is 0 Å². The van der Waals surface area contributed by atoms with Gasteiger partial charge in [-0.2, -0.15) is 0 Å². The molecular weight excluding hydrogens is 576 g/mol. The summed E-state index contributed by atoms with van der Waals surface area (Å²) in [5.41, 5.74) is 0. The molecule has 0 aliphatic carbocycles. The molecule has 15 heteroatoms. The lowest BCUT2D eigenvalue weighted by Crippen LogP contribution is -2.16. The van der Waals surface area contributed by atoms with Crippen molar-refractivity contribution in [2.24, 2.45) is 0 Å². The summed E-state index contributed by atoms with van der Waals surface area (Å²) in [5, 5.41) is 8.41. The molecule has 0 aliphatic heterocycles. The van der Waals surface area contributed by atoms with E-state index in [0.717, 1.165) is 6.42 Å². The fraction of sp³-hybridized carbons (Fsp3) is 0.929. The number of rotatable bonds is 37. The lowest BCUT2D eigenvalue weighted by Gasteiger charge is -2.09. The first-order valence-corrected chi connectivity index (χ1v) is 14.9. The predicted molar refractivity (Wildman–Crippen MR) is 153 cm³/mol. The van der Waals surface area contributed by atoms with Gasteiger partial charge in [-0.1, -0.05) is 6.92 Å². The standard InChI is InChI=1S/C28H54O15/c1-2-3-28(31)43-25-24-41-21-20-39-17-16-37-13-12-35-9-8-33-5-4-32-6-7-34-10-11-36-14-15-38-18-19-40-22-23-42-26-27(29)30/h2-26H2,1H3,(H,29,30). The third kappa shape index (κ3) is 38.5. The highest BCUT2D eigenvalue weighted by Gasteiger charge is 2.00. The number of carbonyl (C=O) groups is 2. The quantitative estimate of drug-likeness (QED) is 0.0748. The minimum Gasteiger partial charge on any atom is -0.480 e. The number of carbonyl (C=O) groups excluding carboxylic acids is 1. The SMILES string of the molecule is CCCC(=O)OCCOCCOCCOCCOCCOCCOCCOCCOCCOCCOCCOCC(=O)O. The van der Waals surface area contributed by atoms with Crippen molar-refractivity contribution in [3.05, 3.63) is 0 Å². The molecule has 0 heterocycles. The number of hydrogen-bond donors (Lipinski definition) is 1. The van der Waals surface area contributed by atoms with E-state index in [2.05, 4.69) is 0 Å². The zero-order chi connectivity index (χ0) is 31.3. The topological polar surface area (TPSA) is 165 Å². The molecule has 256 valence electrons. The van der Waals surface area contributed by atoms with E-state index in [1.165, 1.54) is 0 Å². The fourth-order valence-electron chi connectivity index (χ4n) is 2.85. The summed E-state index contributed by atoms with van der Waals surface area (Å²) in [5.74, 6) is -1.19. The normalized spacial score (nSPS) is 11.3. The van der Waals surface area contributed by atoms with Crippen LogP contribution < -0.4 is 0 Å². The summed E-state index contributed by atoms with van der Waals surface area (Å²) < 4.78 is 63.7. The highest BCUT2D eigenvalue weighted by Crippen LogP contribution is 1.91. The highest BCUT2D eigenvalue weighted by molar-refractivity contribution is 5.69. The molecule has 0 aromatic heterocycles. The van der Waals surface area contributed by atoms with Gasteiger partial charge in [-0.3, -0.25) is 4.79 Å². The largest absolute Gasteiger partial charge is 0.480 e. The Hall–Kier alpha value is -1.50. The van der Waals surface area contributed by atoms with Gasteiger partial charge in [-0.05, 0) is 6.42 Å². The number of carboxylic acid groups (broad SMARTS) is 1. The fourth-order valence-corrected chi connectivity index (χ4v) is 2.85. The molecule has 0 amide bonds. The van der Waals surface area contributed by atoms with E-state index < -0.39 is 5.97 Å². The maximum Gasteiger partial charge on any atom is 0.329 e. The van der Waals surface area contributed by atoms with Crippen LogP contribution in [-0.4, -0.2) is 169 Å². The van der Waals surface area contributed by atoms with Gasteiger partial charge in [0.2, 0.25) is 0 Å². The van der Waals surface area contributed by atoms with E-state index in [1.807, 2.05) is 6.92 Å². The van der Waals surface area contributed by atoms with Crippen molar-refractivity contribution in [2.75, 3.05) is 152 Å². The molecule has 0 bridgehead atoms. The molecular formula is C28H54O15. The summed E-state index contributed by atoms with van der Waals surface area (Å²) in [6.07, 6.45) is 1.22. The molecule has 0 rings (SSSR count). The van der Waals surface area contributed by atoms with Crippen molar-refractivity contribution in [1.29, 1.82) is 0 Å².